The number of carbonyl (C=O) groups is 2. The van der Waals surface area contributed by atoms with Crippen LogP contribution in [0.25, 0.3) is 0 Å². The van der Waals surface area contributed by atoms with E-state index < -0.39 is 61.1 Å². The Labute approximate surface area is 184 Å². The van der Waals surface area contributed by atoms with Crippen LogP contribution in [0.1, 0.15) is 25.7 Å². The van der Waals surface area contributed by atoms with Crippen LogP contribution in [-0.2, 0) is 9.47 Å². The molecule has 0 aromatic rings. The molecule has 10 N–H and O–H groups in total. The summed E-state index contributed by atoms with van der Waals surface area (Å²) in [6, 6.07) is -1.14. The van der Waals surface area contributed by atoms with Gasteiger partial charge in [0, 0.05) is 13.1 Å². The van der Waals surface area contributed by atoms with Crippen molar-refractivity contribution in [3.05, 3.63) is 0 Å². The zero-order valence-electron chi connectivity index (χ0n) is 17.6. The number of aliphatic hydroxyl groups is 6. The van der Waals surface area contributed by atoms with E-state index in [2.05, 4.69) is 21.3 Å². The van der Waals surface area contributed by atoms with E-state index in [1.165, 1.54) is 0 Å². The van der Waals surface area contributed by atoms with Gasteiger partial charge in [-0.25, -0.2) is 9.59 Å². The molecule has 0 spiro atoms. The van der Waals surface area contributed by atoms with Gasteiger partial charge in [-0.15, -0.1) is 0 Å². The van der Waals surface area contributed by atoms with Gasteiger partial charge in [-0.05, 0) is 12.8 Å². The van der Waals surface area contributed by atoms with Gasteiger partial charge in [0.2, 0.25) is 0 Å². The Kier molecular flexibility index (Phi) is 10.8. The zero-order valence-corrected chi connectivity index (χ0v) is 17.6. The summed E-state index contributed by atoms with van der Waals surface area (Å²) in [5.74, 6) is 0. The summed E-state index contributed by atoms with van der Waals surface area (Å²) in [5.41, 5.74) is 0. The van der Waals surface area contributed by atoms with Crippen LogP contribution in [0.4, 0.5) is 9.59 Å². The van der Waals surface area contributed by atoms with Crippen LogP contribution in [0.5, 0.6) is 0 Å². The topological polar surface area (TPSA) is 222 Å². The van der Waals surface area contributed by atoms with Crippen LogP contribution in [0.3, 0.4) is 0 Å². The second kappa shape index (κ2) is 13.1. The molecule has 2 saturated heterocycles. The molecule has 2 rings (SSSR count). The van der Waals surface area contributed by atoms with Crippen LogP contribution < -0.4 is 21.3 Å². The molecular weight excluding hydrogens is 432 g/mol. The van der Waals surface area contributed by atoms with Crippen LogP contribution in [-0.4, -0.2) is 118 Å². The fraction of sp³-hybridized carbons (Fsp3) is 0.889. The van der Waals surface area contributed by atoms with Gasteiger partial charge >= 0.3 is 12.1 Å². The minimum atomic E-state index is -1.43. The molecule has 186 valence electrons. The Hall–Kier alpha value is -1.78. The van der Waals surface area contributed by atoms with E-state index in [0.29, 0.717) is 25.9 Å². The number of unbranched alkanes of at least 4 members (excludes halogenated alkanes) is 3. The molecule has 0 aromatic carbocycles. The Balaban J connectivity index is 1.47. The summed E-state index contributed by atoms with van der Waals surface area (Å²) >= 11 is 0. The van der Waals surface area contributed by atoms with Crippen LogP contribution in [0, 0.1) is 0 Å². The van der Waals surface area contributed by atoms with Crippen molar-refractivity contribution >= 4 is 12.1 Å². The Bertz CT molecular complexity index is 550. The van der Waals surface area contributed by atoms with Gasteiger partial charge in [-0.3, -0.25) is 0 Å². The maximum Gasteiger partial charge on any atom is 0.316 e. The molecule has 4 amide bonds. The highest BCUT2D eigenvalue weighted by Crippen LogP contribution is 2.14. The molecule has 2 aliphatic rings. The van der Waals surface area contributed by atoms with Crippen molar-refractivity contribution in [2.75, 3.05) is 26.3 Å². The summed E-state index contributed by atoms with van der Waals surface area (Å²) in [5, 5.41) is 67.4. The van der Waals surface area contributed by atoms with E-state index in [1.807, 2.05) is 0 Å². The molecule has 2 fully saturated rings. The largest absolute Gasteiger partial charge is 0.388 e. The van der Waals surface area contributed by atoms with E-state index in [4.69, 9.17) is 9.47 Å². The Morgan fingerprint density at radius 3 is 1.38 bits per heavy atom. The monoisotopic (exact) mass is 466 g/mol. The second-order valence-corrected chi connectivity index (χ2v) is 7.82. The van der Waals surface area contributed by atoms with E-state index in [1.54, 1.807) is 0 Å². The van der Waals surface area contributed by atoms with Gasteiger partial charge in [0.25, 0.3) is 0 Å². The number of hydrogen-bond acceptors (Lipinski definition) is 10. The highest BCUT2D eigenvalue weighted by Gasteiger charge is 2.39. The number of amides is 4. The molecule has 0 unspecified atom stereocenters. The molecule has 0 aromatic heterocycles. The first-order valence-electron chi connectivity index (χ1n) is 10.6. The summed E-state index contributed by atoms with van der Waals surface area (Å²) in [6.45, 7) is 0.348. The lowest BCUT2D eigenvalue weighted by molar-refractivity contribution is -0.191. The summed E-state index contributed by atoms with van der Waals surface area (Å²) in [7, 11) is 0. The molecule has 2 aliphatic heterocycles. The number of urea groups is 2. The standard InChI is InChI=1S/C18H34N4O10/c23-9-7-31-15(13(27)11(9)25)21-17(29)19-5-3-1-2-4-6-20-18(30)22-16-14(28)12(26)10(24)8-32-16/h9-16,23-28H,1-8H2,(H2,19,21,29)(H2,20,22,30)/t9-,10-,11-,12-,13-,14+,15+,16-/m1/s1. The van der Waals surface area contributed by atoms with Crippen molar-refractivity contribution in [3.8, 4) is 0 Å². The minimum absolute atomic E-state index is 0.200. The first-order chi connectivity index (χ1) is 15.2. The van der Waals surface area contributed by atoms with Gasteiger partial charge in [0.15, 0.2) is 12.5 Å². The first-order valence-corrected chi connectivity index (χ1v) is 10.6. The van der Waals surface area contributed by atoms with Gasteiger partial charge in [-0.1, -0.05) is 12.8 Å². The average molecular weight is 466 g/mol. The maximum atomic E-state index is 11.8. The van der Waals surface area contributed by atoms with E-state index in [-0.39, 0.29) is 13.2 Å². The molecule has 8 atom stereocenters. The predicted molar refractivity (Wildman–Crippen MR) is 107 cm³/mol. The van der Waals surface area contributed by atoms with Crippen LogP contribution in [0.15, 0.2) is 0 Å². The maximum absolute atomic E-state index is 11.8. The van der Waals surface area contributed by atoms with Crippen molar-refractivity contribution in [1.82, 2.24) is 21.3 Å². The molecule has 2 heterocycles. The second-order valence-electron chi connectivity index (χ2n) is 7.82. The van der Waals surface area contributed by atoms with Crippen molar-refractivity contribution in [1.29, 1.82) is 0 Å². The van der Waals surface area contributed by atoms with Crippen molar-refractivity contribution < 1.29 is 49.7 Å². The molecule has 0 aliphatic carbocycles. The quantitative estimate of drug-likeness (QED) is 0.148. The van der Waals surface area contributed by atoms with Crippen molar-refractivity contribution in [2.45, 2.75) is 74.8 Å². The third-order valence-electron chi connectivity index (χ3n) is 5.22. The number of nitrogens with one attached hydrogen (secondary N) is 4. The van der Waals surface area contributed by atoms with E-state index in [9.17, 15) is 40.2 Å². The summed E-state index contributed by atoms with van der Waals surface area (Å²) in [6.07, 6.45) is -7.38. The van der Waals surface area contributed by atoms with Crippen molar-refractivity contribution in [3.63, 3.8) is 0 Å². The molecule has 0 bridgehead atoms. The smallest absolute Gasteiger partial charge is 0.316 e. The lowest BCUT2D eigenvalue weighted by Gasteiger charge is -2.35. The van der Waals surface area contributed by atoms with Gasteiger partial charge in [-0.2, -0.15) is 0 Å². The third-order valence-corrected chi connectivity index (χ3v) is 5.22. The zero-order chi connectivity index (χ0) is 23.7. The molecular formula is C18H34N4O10. The molecule has 14 nitrogen and oxygen atoms in total. The number of carbonyl (C=O) groups excluding carboxylic acids is 2. The van der Waals surface area contributed by atoms with E-state index in [0.717, 1.165) is 12.8 Å². The lowest BCUT2D eigenvalue weighted by atomic mass is 10.0. The first kappa shape index (κ1) is 26.5. The average Bonchev–Trinajstić information content (AvgIpc) is 2.76. The van der Waals surface area contributed by atoms with Gasteiger partial charge in [0.05, 0.1) is 13.2 Å². The van der Waals surface area contributed by atoms with E-state index >= 15 is 0 Å². The molecule has 0 saturated carbocycles. The fourth-order valence-corrected chi connectivity index (χ4v) is 3.23. The van der Waals surface area contributed by atoms with Crippen LogP contribution >= 0.6 is 0 Å². The number of aliphatic hydroxyl groups excluding tert-OH is 6. The number of hydrogen-bond donors (Lipinski definition) is 10. The minimum Gasteiger partial charge on any atom is -0.388 e. The Morgan fingerprint density at radius 1 is 0.625 bits per heavy atom. The summed E-state index contributed by atoms with van der Waals surface area (Å²) < 4.78 is 10.2. The Morgan fingerprint density at radius 2 is 1.00 bits per heavy atom. The molecule has 32 heavy (non-hydrogen) atoms. The van der Waals surface area contributed by atoms with Crippen molar-refractivity contribution in [2.24, 2.45) is 0 Å². The highest BCUT2D eigenvalue weighted by molar-refractivity contribution is 5.74. The molecule has 0 radical (unpaired) electrons. The SMILES string of the molecule is O=C(NCCCCCCNC(=O)N[C@H]1OC[C@@H](O)[C@@H](O)[C@H]1O)N[C@@H]1OC[C@@H](O)[C@@H](O)[C@@H]1O. The van der Waals surface area contributed by atoms with Gasteiger partial charge in [0.1, 0.15) is 36.6 Å². The molecule has 14 heteroatoms. The number of rotatable bonds is 9. The van der Waals surface area contributed by atoms with Crippen LogP contribution in [0.2, 0.25) is 0 Å². The predicted octanol–water partition coefficient (Wildman–Crippen LogP) is -3.98. The highest BCUT2D eigenvalue weighted by atomic mass is 16.5. The van der Waals surface area contributed by atoms with Gasteiger partial charge < -0.3 is 61.4 Å². The fourth-order valence-electron chi connectivity index (χ4n) is 3.23. The lowest BCUT2D eigenvalue weighted by Crippen LogP contribution is -2.60. The normalized spacial score (nSPS) is 35.1. The number of ether oxygens (including phenoxy) is 2. The third kappa shape index (κ3) is 7.97. The summed E-state index contributed by atoms with van der Waals surface area (Å²) in [4.78, 5) is 23.6.